The minimum atomic E-state index is -0.337. The molecule has 0 bridgehead atoms. The summed E-state index contributed by atoms with van der Waals surface area (Å²) in [5.74, 6) is 0.184. The van der Waals surface area contributed by atoms with Crippen molar-refractivity contribution in [2.45, 2.75) is 44.8 Å². The van der Waals surface area contributed by atoms with Gasteiger partial charge in [0.25, 0.3) is 0 Å². The van der Waals surface area contributed by atoms with Gasteiger partial charge < -0.3 is 9.47 Å². The maximum Gasteiger partial charge on any atom is 0.350 e. The highest BCUT2D eigenvalue weighted by molar-refractivity contribution is 7.16. The third kappa shape index (κ3) is 3.56. The molecule has 2 unspecified atom stereocenters. The fourth-order valence-electron chi connectivity index (χ4n) is 2.75. The molecule has 7 heteroatoms. The van der Waals surface area contributed by atoms with Crippen LogP contribution in [-0.4, -0.2) is 40.2 Å². The van der Waals surface area contributed by atoms with Crippen LogP contribution in [0, 0.1) is 6.92 Å². The van der Waals surface area contributed by atoms with E-state index in [1.54, 1.807) is 32.5 Å². The van der Waals surface area contributed by atoms with Gasteiger partial charge in [0.15, 0.2) is 10.8 Å². The van der Waals surface area contributed by atoms with Crippen molar-refractivity contribution < 1.29 is 14.3 Å². The Labute approximate surface area is 138 Å². The highest BCUT2D eigenvalue weighted by atomic mass is 32.1. The van der Waals surface area contributed by atoms with Gasteiger partial charge in [0.05, 0.1) is 11.8 Å². The average Bonchev–Trinajstić information content (AvgIpc) is 2.98. The van der Waals surface area contributed by atoms with Crippen LogP contribution in [0.1, 0.15) is 41.0 Å². The first-order chi connectivity index (χ1) is 11.2. The normalized spacial score (nSPS) is 21.1. The average molecular weight is 333 g/mol. The lowest BCUT2D eigenvalue weighted by Crippen LogP contribution is -2.35. The van der Waals surface area contributed by atoms with E-state index in [9.17, 15) is 4.79 Å². The van der Waals surface area contributed by atoms with Crippen LogP contribution < -0.4 is 0 Å². The summed E-state index contributed by atoms with van der Waals surface area (Å²) >= 11 is 1.27. The molecule has 1 aliphatic carbocycles. The quantitative estimate of drug-likeness (QED) is 0.801. The Hall–Kier alpha value is -1.86. The molecular weight excluding hydrogens is 314 g/mol. The lowest BCUT2D eigenvalue weighted by molar-refractivity contribution is -0.0537. The molecule has 0 amide bonds. The summed E-state index contributed by atoms with van der Waals surface area (Å²) in [6, 6.07) is 1.74. The molecular formula is C16H19N3O3S. The van der Waals surface area contributed by atoms with Gasteiger partial charge in [0.2, 0.25) is 0 Å². The summed E-state index contributed by atoms with van der Waals surface area (Å²) in [6.45, 7) is 1.80. The highest BCUT2D eigenvalue weighted by Gasteiger charge is 2.30. The van der Waals surface area contributed by atoms with Crippen LogP contribution in [0.3, 0.4) is 0 Å². The van der Waals surface area contributed by atoms with Gasteiger partial charge in [-0.3, -0.25) is 0 Å². The number of ether oxygens (including phenoxy) is 2. The molecule has 0 radical (unpaired) electrons. The Balaban J connectivity index is 1.76. The molecule has 2 atom stereocenters. The molecule has 23 heavy (non-hydrogen) atoms. The zero-order valence-corrected chi connectivity index (χ0v) is 14.0. The summed E-state index contributed by atoms with van der Waals surface area (Å²) < 4.78 is 11.1. The molecule has 0 spiro atoms. The van der Waals surface area contributed by atoms with E-state index in [2.05, 4.69) is 15.0 Å². The van der Waals surface area contributed by atoms with Gasteiger partial charge in [0.1, 0.15) is 11.0 Å². The van der Waals surface area contributed by atoms with Crippen molar-refractivity contribution in [2.75, 3.05) is 7.11 Å². The Morgan fingerprint density at radius 1 is 1.22 bits per heavy atom. The number of rotatable bonds is 4. The van der Waals surface area contributed by atoms with Gasteiger partial charge in [-0.1, -0.05) is 6.42 Å². The number of aromatic nitrogens is 3. The van der Waals surface area contributed by atoms with Crippen LogP contribution in [0.5, 0.6) is 0 Å². The number of carbonyl (C=O) groups is 1. The summed E-state index contributed by atoms with van der Waals surface area (Å²) in [5.41, 5.74) is 0.646. The zero-order valence-electron chi connectivity index (χ0n) is 13.2. The van der Waals surface area contributed by atoms with E-state index in [1.807, 2.05) is 0 Å². The first-order valence-corrected chi connectivity index (χ1v) is 8.49. The molecule has 2 heterocycles. The number of methoxy groups -OCH3 is 1. The maximum atomic E-state index is 12.5. The maximum absolute atomic E-state index is 12.5. The molecule has 2 aromatic rings. The smallest absolute Gasteiger partial charge is 0.350 e. The summed E-state index contributed by atoms with van der Waals surface area (Å²) in [6.07, 6.45) is 7.06. The molecule has 6 nitrogen and oxygen atoms in total. The van der Waals surface area contributed by atoms with Crippen molar-refractivity contribution >= 4 is 17.3 Å². The second-order valence-corrected chi connectivity index (χ2v) is 6.51. The number of nitrogens with zero attached hydrogens (tertiary/aromatic N) is 3. The third-order valence-electron chi connectivity index (χ3n) is 3.94. The van der Waals surface area contributed by atoms with Crippen molar-refractivity contribution in [3.8, 4) is 10.8 Å². The number of carbonyl (C=O) groups excluding carboxylic acids is 1. The Kier molecular flexibility index (Phi) is 4.97. The van der Waals surface area contributed by atoms with Crippen molar-refractivity contribution in [1.29, 1.82) is 0 Å². The summed E-state index contributed by atoms with van der Waals surface area (Å²) in [7, 11) is 1.67. The molecule has 2 aromatic heterocycles. The Morgan fingerprint density at radius 2 is 1.91 bits per heavy atom. The van der Waals surface area contributed by atoms with Crippen LogP contribution in [-0.2, 0) is 9.47 Å². The second kappa shape index (κ2) is 7.14. The van der Waals surface area contributed by atoms with Crippen molar-refractivity contribution in [1.82, 2.24) is 15.0 Å². The van der Waals surface area contributed by atoms with Crippen LogP contribution in [0.2, 0.25) is 0 Å². The fraction of sp³-hybridized carbons (Fsp3) is 0.500. The van der Waals surface area contributed by atoms with Gasteiger partial charge in [0, 0.05) is 19.5 Å². The topological polar surface area (TPSA) is 74.2 Å². The summed E-state index contributed by atoms with van der Waals surface area (Å²) in [5, 5.41) is 0.627. The first kappa shape index (κ1) is 16.0. The number of esters is 1. The number of hydrogen-bond donors (Lipinski definition) is 0. The monoisotopic (exact) mass is 333 g/mol. The van der Waals surface area contributed by atoms with Gasteiger partial charge in [-0.25, -0.2) is 19.7 Å². The zero-order chi connectivity index (χ0) is 16.2. The number of aryl methyl sites for hydroxylation is 1. The lowest BCUT2D eigenvalue weighted by Gasteiger charge is -2.29. The molecule has 1 saturated carbocycles. The highest BCUT2D eigenvalue weighted by Crippen LogP contribution is 2.28. The largest absolute Gasteiger partial charge is 0.455 e. The molecule has 0 aliphatic heterocycles. The summed E-state index contributed by atoms with van der Waals surface area (Å²) in [4.78, 5) is 25.7. The van der Waals surface area contributed by atoms with Crippen molar-refractivity contribution in [3.63, 3.8) is 0 Å². The van der Waals surface area contributed by atoms with E-state index in [-0.39, 0.29) is 18.2 Å². The van der Waals surface area contributed by atoms with Crippen LogP contribution in [0.4, 0.5) is 0 Å². The predicted octanol–water partition coefficient (Wildman–Crippen LogP) is 3.02. The lowest BCUT2D eigenvalue weighted by atomic mass is 9.94. The molecule has 1 aliphatic rings. The predicted molar refractivity (Wildman–Crippen MR) is 86.3 cm³/mol. The molecule has 1 fully saturated rings. The van der Waals surface area contributed by atoms with E-state index in [1.165, 1.54) is 11.3 Å². The van der Waals surface area contributed by atoms with Gasteiger partial charge >= 0.3 is 5.97 Å². The Morgan fingerprint density at radius 3 is 2.61 bits per heavy atom. The van der Waals surface area contributed by atoms with E-state index >= 15 is 0 Å². The SMILES string of the molecule is COC1CCCCC1OC(=O)c1sc(-c2ncccn2)nc1C. The van der Waals surface area contributed by atoms with E-state index < -0.39 is 0 Å². The number of thiazole rings is 1. The van der Waals surface area contributed by atoms with Crippen LogP contribution in [0.15, 0.2) is 18.5 Å². The third-order valence-corrected chi connectivity index (χ3v) is 5.08. The van der Waals surface area contributed by atoms with Crippen LogP contribution in [0.25, 0.3) is 10.8 Å². The number of hydrogen-bond acceptors (Lipinski definition) is 7. The van der Waals surface area contributed by atoms with Crippen molar-refractivity contribution in [2.24, 2.45) is 0 Å². The van der Waals surface area contributed by atoms with Crippen molar-refractivity contribution in [3.05, 3.63) is 29.0 Å². The van der Waals surface area contributed by atoms with Gasteiger partial charge in [-0.05, 0) is 32.3 Å². The first-order valence-electron chi connectivity index (χ1n) is 7.67. The molecule has 3 rings (SSSR count). The minimum absolute atomic E-state index is 0.0159. The molecule has 0 saturated heterocycles. The molecule has 122 valence electrons. The van der Waals surface area contributed by atoms with Gasteiger partial charge in [-0.2, -0.15) is 0 Å². The van der Waals surface area contributed by atoms with Gasteiger partial charge in [-0.15, -0.1) is 11.3 Å². The van der Waals surface area contributed by atoms with E-state index in [0.717, 1.165) is 25.7 Å². The van der Waals surface area contributed by atoms with E-state index in [4.69, 9.17) is 9.47 Å². The van der Waals surface area contributed by atoms with E-state index in [0.29, 0.717) is 21.4 Å². The second-order valence-electron chi connectivity index (χ2n) is 5.51. The molecule has 0 N–H and O–H groups in total. The molecule has 0 aromatic carbocycles. The Bertz CT molecular complexity index is 674. The standard InChI is InChI=1S/C16H19N3O3S/c1-10-13(23-15(19-10)14-17-8-5-9-18-14)16(20)22-12-7-4-3-6-11(12)21-2/h5,8-9,11-12H,3-4,6-7H2,1-2H3. The van der Waals surface area contributed by atoms with Crippen LogP contribution >= 0.6 is 11.3 Å². The fourth-order valence-corrected chi connectivity index (χ4v) is 3.65. The minimum Gasteiger partial charge on any atom is -0.455 e.